The van der Waals surface area contributed by atoms with Gasteiger partial charge in [0.15, 0.2) is 0 Å². The summed E-state index contributed by atoms with van der Waals surface area (Å²) in [6, 6.07) is 17.0. The summed E-state index contributed by atoms with van der Waals surface area (Å²) >= 11 is 0. The topological polar surface area (TPSA) is 65.7 Å². The van der Waals surface area contributed by atoms with Crippen molar-refractivity contribution in [3.8, 4) is 6.07 Å². The van der Waals surface area contributed by atoms with Gasteiger partial charge in [-0.3, -0.25) is 0 Å². The van der Waals surface area contributed by atoms with Crippen molar-refractivity contribution < 1.29 is 9.63 Å². The maximum Gasteiger partial charge on any atom is 0.368 e. The lowest BCUT2D eigenvalue weighted by molar-refractivity contribution is -0.136. The van der Waals surface area contributed by atoms with Crippen LogP contribution in [-0.4, -0.2) is 25.8 Å². The van der Waals surface area contributed by atoms with E-state index >= 15 is 0 Å². The Labute approximate surface area is 140 Å². The quantitative estimate of drug-likeness (QED) is 0.645. The fourth-order valence-electron chi connectivity index (χ4n) is 2.50. The smallest absolute Gasteiger partial charge is 0.368 e. The molecule has 0 saturated heterocycles. The first kappa shape index (κ1) is 15.5. The van der Waals surface area contributed by atoms with Crippen LogP contribution in [0.1, 0.15) is 16.7 Å². The fourth-order valence-corrected chi connectivity index (χ4v) is 2.50. The Balaban J connectivity index is 2.03. The predicted molar refractivity (Wildman–Crippen MR) is 92.5 cm³/mol. The molecule has 0 unspecified atom stereocenters. The van der Waals surface area contributed by atoms with Gasteiger partial charge in [0.25, 0.3) is 0 Å². The Bertz CT molecular complexity index is 891. The lowest BCUT2D eigenvalue weighted by Gasteiger charge is -2.14. The van der Waals surface area contributed by atoms with E-state index in [2.05, 4.69) is 11.2 Å². The number of nitriles is 1. The zero-order valence-corrected chi connectivity index (χ0v) is 13.4. The number of rotatable bonds is 3. The van der Waals surface area contributed by atoms with E-state index in [1.54, 1.807) is 12.1 Å². The lowest BCUT2D eigenvalue weighted by Crippen LogP contribution is -2.10. The number of hydrogen-bond donors (Lipinski definition) is 0. The molecule has 0 amide bonds. The molecule has 5 heteroatoms. The third-order valence-corrected chi connectivity index (χ3v) is 3.68. The Morgan fingerprint density at radius 1 is 1.17 bits per heavy atom. The van der Waals surface area contributed by atoms with E-state index in [0.29, 0.717) is 16.8 Å². The summed E-state index contributed by atoms with van der Waals surface area (Å²) in [5, 5.41) is 13.2. The van der Waals surface area contributed by atoms with Gasteiger partial charge in [-0.15, -0.1) is 0 Å². The summed E-state index contributed by atoms with van der Waals surface area (Å²) in [6.07, 6.45) is 1.70. The molecular weight excluding hydrogens is 302 g/mol. The molecule has 1 heterocycles. The summed E-state index contributed by atoms with van der Waals surface area (Å²) in [7, 11) is 3.76. The van der Waals surface area contributed by atoms with Gasteiger partial charge in [-0.1, -0.05) is 41.6 Å². The SMILES string of the molecule is CN(C)c1ccc(/C=C2/C(=O)ON=C2c2ccccc2)cc1C#N. The highest BCUT2D eigenvalue weighted by Crippen LogP contribution is 2.24. The number of oxime groups is 1. The Hall–Kier alpha value is -3.39. The van der Waals surface area contributed by atoms with Gasteiger partial charge in [-0.25, -0.2) is 4.79 Å². The van der Waals surface area contributed by atoms with E-state index in [9.17, 15) is 10.1 Å². The monoisotopic (exact) mass is 317 g/mol. The standard InChI is InChI=1S/C19H15N3O2/c1-22(2)17-9-8-13(10-15(17)12-20)11-16-18(21-24-19(16)23)14-6-4-3-5-7-14/h3-11H,1-2H3/b16-11+. The molecule has 0 saturated carbocycles. The zero-order valence-electron chi connectivity index (χ0n) is 13.4. The van der Waals surface area contributed by atoms with Crippen molar-refractivity contribution in [2.75, 3.05) is 19.0 Å². The molecule has 0 bridgehead atoms. The lowest BCUT2D eigenvalue weighted by atomic mass is 9.99. The molecule has 24 heavy (non-hydrogen) atoms. The molecule has 0 atom stereocenters. The highest BCUT2D eigenvalue weighted by atomic mass is 16.7. The van der Waals surface area contributed by atoms with E-state index in [4.69, 9.17) is 4.84 Å². The molecule has 0 fully saturated rings. The van der Waals surface area contributed by atoms with Crippen LogP contribution in [0.15, 0.2) is 59.3 Å². The molecule has 3 rings (SSSR count). The molecular formula is C19H15N3O2. The molecule has 0 N–H and O–H groups in total. The van der Waals surface area contributed by atoms with Crippen molar-refractivity contribution >= 4 is 23.4 Å². The van der Waals surface area contributed by atoms with E-state index in [1.807, 2.05) is 61.5 Å². The van der Waals surface area contributed by atoms with Gasteiger partial charge in [-0.2, -0.15) is 5.26 Å². The van der Waals surface area contributed by atoms with Crippen molar-refractivity contribution in [2.45, 2.75) is 0 Å². The molecule has 5 nitrogen and oxygen atoms in total. The average molecular weight is 317 g/mol. The molecule has 0 aromatic heterocycles. The normalized spacial score (nSPS) is 15.0. The van der Waals surface area contributed by atoms with Crippen LogP contribution in [0.5, 0.6) is 0 Å². The second kappa shape index (κ2) is 6.39. The molecule has 1 aliphatic heterocycles. The van der Waals surface area contributed by atoms with Crippen LogP contribution in [0, 0.1) is 11.3 Å². The summed E-state index contributed by atoms with van der Waals surface area (Å²) in [5.41, 5.74) is 3.79. The summed E-state index contributed by atoms with van der Waals surface area (Å²) in [6.45, 7) is 0. The van der Waals surface area contributed by atoms with Crippen molar-refractivity contribution in [1.29, 1.82) is 5.26 Å². The number of carbonyl (C=O) groups is 1. The molecule has 2 aromatic rings. The third kappa shape index (κ3) is 2.90. The number of hydrogen-bond acceptors (Lipinski definition) is 5. The van der Waals surface area contributed by atoms with Crippen molar-refractivity contribution in [1.82, 2.24) is 0 Å². The van der Waals surface area contributed by atoms with E-state index in [0.717, 1.165) is 16.8 Å². The molecule has 2 aromatic carbocycles. The minimum Gasteiger partial charge on any atom is -0.377 e. The van der Waals surface area contributed by atoms with Gasteiger partial charge in [0.1, 0.15) is 11.8 Å². The number of anilines is 1. The van der Waals surface area contributed by atoms with E-state index < -0.39 is 5.97 Å². The first-order valence-corrected chi connectivity index (χ1v) is 7.38. The van der Waals surface area contributed by atoms with Gasteiger partial charge < -0.3 is 9.74 Å². The van der Waals surface area contributed by atoms with Gasteiger partial charge in [-0.05, 0) is 23.8 Å². The first-order valence-electron chi connectivity index (χ1n) is 7.38. The van der Waals surface area contributed by atoms with E-state index in [1.165, 1.54) is 0 Å². The molecule has 118 valence electrons. The highest BCUT2D eigenvalue weighted by Gasteiger charge is 2.26. The van der Waals surface area contributed by atoms with Crippen LogP contribution in [0.4, 0.5) is 5.69 Å². The van der Waals surface area contributed by atoms with Gasteiger partial charge >= 0.3 is 5.97 Å². The van der Waals surface area contributed by atoms with Crippen LogP contribution in [0.2, 0.25) is 0 Å². The number of nitrogens with zero attached hydrogens (tertiary/aromatic N) is 3. The second-order valence-electron chi connectivity index (χ2n) is 5.53. The summed E-state index contributed by atoms with van der Waals surface area (Å²) in [4.78, 5) is 18.7. The minimum atomic E-state index is -0.496. The Morgan fingerprint density at radius 3 is 2.58 bits per heavy atom. The molecule has 1 aliphatic rings. The maximum absolute atomic E-state index is 12.0. The van der Waals surface area contributed by atoms with Crippen LogP contribution in [0.3, 0.4) is 0 Å². The van der Waals surface area contributed by atoms with Crippen LogP contribution >= 0.6 is 0 Å². The van der Waals surface area contributed by atoms with Crippen LogP contribution in [-0.2, 0) is 9.63 Å². The van der Waals surface area contributed by atoms with E-state index in [-0.39, 0.29) is 0 Å². The molecule has 0 aliphatic carbocycles. The van der Waals surface area contributed by atoms with Crippen molar-refractivity contribution in [2.24, 2.45) is 5.16 Å². The Kier molecular flexibility index (Phi) is 4.13. The molecule has 0 spiro atoms. The summed E-state index contributed by atoms with van der Waals surface area (Å²) < 4.78 is 0. The number of benzene rings is 2. The second-order valence-corrected chi connectivity index (χ2v) is 5.53. The third-order valence-electron chi connectivity index (χ3n) is 3.68. The molecule has 0 radical (unpaired) electrons. The largest absolute Gasteiger partial charge is 0.377 e. The predicted octanol–water partition coefficient (Wildman–Crippen LogP) is 2.97. The highest BCUT2D eigenvalue weighted by molar-refractivity contribution is 6.31. The first-order chi connectivity index (χ1) is 11.6. The van der Waals surface area contributed by atoms with Crippen molar-refractivity contribution in [3.63, 3.8) is 0 Å². The number of carbonyl (C=O) groups excluding carboxylic acids is 1. The van der Waals surface area contributed by atoms with Gasteiger partial charge in [0.2, 0.25) is 0 Å². The minimum absolute atomic E-state index is 0.377. The van der Waals surface area contributed by atoms with Gasteiger partial charge in [0.05, 0.1) is 16.8 Å². The fraction of sp³-hybridized carbons (Fsp3) is 0.105. The Morgan fingerprint density at radius 2 is 1.92 bits per heavy atom. The zero-order chi connectivity index (χ0) is 17.1. The average Bonchev–Trinajstić information content (AvgIpc) is 2.96. The van der Waals surface area contributed by atoms with Crippen LogP contribution in [0.25, 0.3) is 6.08 Å². The van der Waals surface area contributed by atoms with Crippen LogP contribution < -0.4 is 4.90 Å². The summed E-state index contributed by atoms with van der Waals surface area (Å²) in [5.74, 6) is -0.496. The van der Waals surface area contributed by atoms with Crippen molar-refractivity contribution in [3.05, 3.63) is 70.8 Å². The maximum atomic E-state index is 12.0. The van der Waals surface area contributed by atoms with Gasteiger partial charge in [0, 0.05) is 19.7 Å².